The molecular weight excluding hydrogens is 302 g/mol. The third-order valence-corrected chi connectivity index (χ3v) is 4.79. The summed E-state index contributed by atoms with van der Waals surface area (Å²) in [5, 5.41) is 0.386. The van der Waals surface area contributed by atoms with Crippen LogP contribution in [0.2, 0.25) is 0 Å². The van der Waals surface area contributed by atoms with Crippen molar-refractivity contribution in [2.24, 2.45) is 5.92 Å². The molecule has 0 bridgehead atoms. The Hall–Kier alpha value is -1.50. The fourth-order valence-electron chi connectivity index (χ4n) is 2.30. The molecule has 0 unspecified atom stereocenters. The predicted molar refractivity (Wildman–Crippen MR) is 83.8 cm³/mol. The van der Waals surface area contributed by atoms with Gasteiger partial charge >= 0.3 is 6.09 Å². The zero-order chi connectivity index (χ0) is 16.2. The van der Waals surface area contributed by atoms with E-state index < -0.39 is 16.4 Å². The number of hydrogen-bond acceptors (Lipinski definition) is 5. The molecule has 1 saturated heterocycles. The summed E-state index contributed by atoms with van der Waals surface area (Å²) >= 11 is 0. The van der Waals surface area contributed by atoms with Crippen LogP contribution in [0.25, 0.3) is 0 Å². The Morgan fingerprint density at radius 3 is 2.45 bits per heavy atom. The third-order valence-electron chi connectivity index (χ3n) is 3.40. The van der Waals surface area contributed by atoms with E-state index in [0.717, 1.165) is 12.8 Å². The monoisotopic (exact) mass is 325 g/mol. The second-order valence-electron chi connectivity index (χ2n) is 6.45. The molecular formula is C15H23N3O3S. The molecule has 0 N–H and O–H groups in total. The summed E-state index contributed by atoms with van der Waals surface area (Å²) in [4.78, 5) is 21.8. The molecule has 0 saturated carbocycles. The maximum absolute atomic E-state index is 12.2. The number of ether oxygens (including phenoxy) is 1. The Bertz CT molecular complexity index is 523. The Morgan fingerprint density at radius 2 is 1.91 bits per heavy atom. The van der Waals surface area contributed by atoms with Crippen molar-refractivity contribution in [3.05, 3.63) is 18.5 Å². The lowest BCUT2D eigenvalue weighted by atomic mass is 9.99. The number of carbonyl (C=O) groups excluding carboxylic acids is 1. The Balaban J connectivity index is 1.80. The third kappa shape index (κ3) is 5.05. The maximum atomic E-state index is 12.2. The normalized spacial score (nSPS) is 18.0. The minimum Gasteiger partial charge on any atom is -0.444 e. The fraction of sp³-hybridized carbons (Fsp3) is 0.667. The zero-order valence-corrected chi connectivity index (χ0v) is 14.1. The van der Waals surface area contributed by atoms with Crippen molar-refractivity contribution >= 4 is 16.9 Å². The van der Waals surface area contributed by atoms with Crippen LogP contribution in [0.1, 0.15) is 33.6 Å². The summed E-state index contributed by atoms with van der Waals surface area (Å²) in [5.74, 6) is 0.870. The van der Waals surface area contributed by atoms with Crippen LogP contribution in [0.5, 0.6) is 0 Å². The highest BCUT2D eigenvalue weighted by Crippen LogP contribution is 2.21. The summed E-state index contributed by atoms with van der Waals surface area (Å²) in [6, 6.07) is 1.71. The van der Waals surface area contributed by atoms with Gasteiger partial charge < -0.3 is 9.64 Å². The van der Waals surface area contributed by atoms with Gasteiger partial charge in [-0.3, -0.25) is 4.21 Å². The lowest BCUT2D eigenvalue weighted by molar-refractivity contribution is 0.0191. The number of rotatable bonds is 3. The first-order valence-corrected chi connectivity index (χ1v) is 8.80. The van der Waals surface area contributed by atoms with E-state index in [9.17, 15) is 9.00 Å². The van der Waals surface area contributed by atoms with Gasteiger partial charge in [-0.2, -0.15) is 0 Å². The van der Waals surface area contributed by atoms with Crippen molar-refractivity contribution in [2.45, 2.75) is 44.4 Å². The minimum absolute atomic E-state index is 0.265. The predicted octanol–water partition coefficient (Wildman–Crippen LogP) is 2.23. The smallest absolute Gasteiger partial charge is 0.410 e. The number of amides is 1. The van der Waals surface area contributed by atoms with Crippen molar-refractivity contribution in [3.8, 4) is 0 Å². The highest BCUT2D eigenvalue weighted by molar-refractivity contribution is 7.84. The van der Waals surface area contributed by atoms with Crippen molar-refractivity contribution in [2.75, 3.05) is 18.8 Å². The summed E-state index contributed by atoms with van der Waals surface area (Å²) in [6.45, 7) is 6.88. The second kappa shape index (κ2) is 7.17. The van der Waals surface area contributed by atoms with Gasteiger partial charge in [0.1, 0.15) is 5.60 Å². The number of likely N-dealkylation sites (tertiary alicyclic amines) is 1. The molecule has 0 spiro atoms. The molecule has 1 aromatic heterocycles. The van der Waals surface area contributed by atoms with Gasteiger partial charge in [-0.1, -0.05) is 0 Å². The van der Waals surface area contributed by atoms with Crippen LogP contribution in [0.15, 0.2) is 23.6 Å². The Morgan fingerprint density at radius 1 is 1.32 bits per heavy atom. The van der Waals surface area contributed by atoms with Crippen LogP contribution in [0.3, 0.4) is 0 Å². The molecule has 1 aliphatic rings. The molecule has 1 fully saturated rings. The fourth-order valence-corrected chi connectivity index (χ4v) is 3.57. The first kappa shape index (κ1) is 16.9. The molecule has 6 nitrogen and oxygen atoms in total. The van der Waals surface area contributed by atoms with Gasteiger partial charge in [-0.05, 0) is 45.6 Å². The van der Waals surface area contributed by atoms with E-state index in [0.29, 0.717) is 29.9 Å². The number of piperidine rings is 1. The highest BCUT2D eigenvalue weighted by Gasteiger charge is 2.28. The van der Waals surface area contributed by atoms with Gasteiger partial charge in [0.05, 0.1) is 10.8 Å². The van der Waals surface area contributed by atoms with Crippen LogP contribution < -0.4 is 0 Å². The molecule has 1 aliphatic heterocycles. The van der Waals surface area contributed by atoms with Crippen LogP contribution in [-0.4, -0.2) is 49.6 Å². The summed E-state index contributed by atoms with van der Waals surface area (Å²) in [6.07, 6.45) is 4.60. The number of nitrogens with zero attached hydrogens (tertiary/aromatic N) is 3. The highest BCUT2D eigenvalue weighted by atomic mass is 32.2. The average Bonchev–Trinajstić information content (AvgIpc) is 2.47. The van der Waals surface area contributed by atoms with Gasteiger partial charge in [0.25, 0.3) is 0 Å². The topological polar surface area (TPSA) is 72.4 Å². The Labute approximate surface area is 133 Å². The van der Waals surface area contributed by atoms with Crippen LogP contribution in [0, 0.1) is 5.92 Å². The van der Waals surface area contributed by atoms with Gasteiger partial charge in [0.2, 0.25) is 5.16 Å². The lowest BCUT2D eigenvalue weighted by Crippen LogP contribution is -2.42. The lowest BCUT2D eigenvalue weighted by Gasteiger charge is -2.33. The Kier molecular flexibility index (Phi) is 5.50. The zero-order valence-electron chi connectivity index (χ0n) is 13.3. The van der Waals surface area contributed by atoms with Gasteiger partial charge in [0, 0.05) is 31.2 Å². The average molecular weight is 325 g/mol. The number of aromatic nitrogens is 2. The summed E-state index contributed by atoms with van der Waals surface area (Å²) in [5.41, 5.74) is -0.472. The largest absolute Gasteiger partial charge is 0.444 e. The van der Waals surface area contributed by atoms with E-state index in [-0.39, 0.29) is 6.09 Å². The summed E-state index contributed by atoms with van der Waals surface area (Å²) < 4.78 is 17.6. The molecule has 2 heterocycles. The van der Waals surface area contributed by atoms with Crippen LogP contribution in [0.4, 0.5) is 4.79 Å². The van der Waals surface area contributed by atoms with Gasteiger partial charge in [0.15, 0.2) is 0 Å². The molecule has 0 aliphatic carbocycles. The van der Waals surface area contributed by atoms with E-state index in [4.69, 9.17) is 4.74 Å². The molecule has 0 aromatic carbocycles. The molecule has 1 aromatic rings. The van der Waals surface area contributed by atoms with Gasteiger partial charge in [-0.15, -0.1) is 0 Å². The van der Waals surface area contributed by atoms with E-state index >= 15 is 0 Å². The first-order chi connectivity index (χ1) is 10.3. The van der Waals surface area contributed by atoms with Gasteiger partial charge in [-0.25, -0.2) is 14.8 Å². The molecule has 22 heavy (non-hydrogen) atoms. The maximum Gasteiger partial charge on any atom is 0.410 e. The van der Waals surface area contributed by atoms with Crippen LogP contribution in [-0.2, 0) is 15.5 Å². The molecule has 122 valence electrons. The van der Waals surface area contributed by atoms with E-state index in [1.54, 1.807) is 23.4 Å². The minimum atomic E-state index is -1.18. The van der Waals surface area contributed by atoms with Crippen molar-refractivity contribution in [1.29, 1.82) is 0 Å². The second-order valence-corrected chi connectivity index (χ2v) is 7.84. The molecule has 1 amide bonds. The molecule has 7 heteroatoms. The SMILES string of the molecule is CC(C)(C)OC(=O)N1CCC(C[S@@](=O)c2ncccn2)CC1. The van der Waals surface area contributed by atoms with E-state index in [1.165, 1.54) is 0 Å². The van der Waals surface area contributed by atoms with E-state index in [2.05, 4.69) is 9.97 Å². The molecule has 1 atom stereocenters. The summed E-state index contributed by atoms with van der Waals surface area (Å²) in [7, 11) is -1.18. The first-order valence-electron chi connectivity index (χ1n) is 7.48. The quantitative estimate of drug-likeness (QED) is 0.797. The standard InChI is InChI=1S/C15H23N3O3S/c1-15(2,3)21-14(19)18-9-5-12(6-10-18)11-22(20)13-16-7-4-8-17-13/h4,7-8,12H,5-6,9-11H2,1-3H3/t22-/m1/s1. The number of carbonyl (C=O) groups is 1. The number of hydrogen-bond donors (Lipinski definition) is 0. The van der Waals surface area contributed by atoms with Crippen molar-refractivity contribution in [1.82, 2.24) is 14.9 Å². The van der Waals surface area contributed by atoms with E-state index in [1.807, 2.05) is 20.8 Å². The van der Waals surface area contributed by atoms with Crippen LogP contribution >= 0.6 is 0 Å². The van der Waals surface area contributed by atoms with Crippen molar-refractivity contribution in [3.63, 3.8) is 0 Å². The van der Waals surface area contributed by atoms with Crippen molar-refractivity contribution < 1.29 is 13.7 Å². The molecule has 2 rings (SSSR count). The molecule has 0 radical (unpaired) electrons.